The largest absolute Gasteiger partial charge is 0.469 e. The van der Waals surface area contributed by atoms with Gasteiger partial charge < -0.3 is 4.74 Å². The predicted octanol–water partition coefficient (Wildman–Crippen LogP) is 3.57. The number of ether oxygens (including phenoxy) is 1. The monoisotopic (exact) mass is 212 g/mol. The Labute approximate surface area is 93.7 Å². The maximum absolute atomic E-state index is 9.59. The van der Waals surface area contributed by atoms with Crippen LogP contribution in [0.1, 0.15) is 47.0 Å². The molecule has 2 heteroatoms. The third kappa shape index (κ3) is 7.18. The van der Waals surface area contributed by atoms with Crippen LogP contribution in [0.15, 0.2) is 11.6 Å². The Balaban J connectivity index is 0.000000336. The van der Waals surface area contributed by atoms with Crippen molar-refractivity contribution in [3.8, 4) is 0 Å². The maximum Gasteiger partial charge on any atom is 0.302 e. The van der Waals surface area contributed by atoms with Crippen molar-refractivity contribution < 1.29 is 9.53 Å². The lowest BCUT2D eigenvalue weighted by Crippen LogP contribution is -2.10. The maximum atomic E-state index is 9.59. The number of rotatable bonds is 1. The molecule has 0 radical (unpaired) electrons. The number of hydrogen-bond acceptors (Lipinski definition) is 2. The van der Waals surface area contributed by atoms with E-state index in [1.54, 1.807) is 5.57 Å². The summed E-state index contributed by atoms with van der Waals surface area (Å²) in [7, 11) is 1.35. The lowest BCUT2D eigenvalue weighted by atomic mass is 9.83. The molecule has 1 unspecified atom stereocenters. The first kappa shape index (κ1) is 14.2. The molecule has 0 bridgehead atoms. The standard InChI is InChI=1S/C10H18.C3H6O2/c1-8(2)10-6-4-9(3)5-7-10;1-3(4)5-2/h4,8,10H,5-7H2,1-3H3;1-2H3. The van der Waals surface area contributed by atoms with Gasteiger partial charge in [-0.05, 0) is 38.0 Å². The smallest absolute Gasteiger partial charge is 0.302 e. The Morgan fingerprint density at radius 1 is 1.53 bits per heavy atom. The summed E-state index contributed by atoms with van der Waals surface area (Å²) in [5, 5.41) is 0. The first-order chi connectivity index (χ1) is 6.97. The van der Waals surface area contributed by atoms with E-state index < -0.39 is 0 Å². The van der Waals surface area contributed by atoms with Gasteiger partial charge in [0.2, 0.25) is 0 Å². The highest BCUT2D eigenvalue weighted by atomic mass is 16.5. The van der Waals surface area contributed by atoms with Crippen LogP contribution in [0.5, 0.6) is 0 Å². The van der Waals surface area contributed by atoms with Gasteiger partial charge in [0.05, 0.1) is 7.11 Å². The highest BCUT2D eigenvalue weighted by Crippen LogP contribution is 2.28. The topological polar surface area (TPSA) is 26.3 Å². The van der Waals surface area contributed by atoms with Gasteiger partial charge in [0.15, 0.2) is 0 Å². The van der Waals surface area contributed by atoms with Crippen LogP contribution in [0.2, 0.25) is 0 Å². The van der Waals surface area contributed by atoms with Crippen LogP contribution in [-0.2, 0) is 9.53 Å². The van der Waals surface area contributed by atoms with Gasteiger partial charge in [-0.2, -0.15) is 0 Å². The highest BCUT2D eigenvalue weighted by Gasteiger charge is 2.14. The molecular weight excluding hydrogens is 188 g/mol. The van der Waals surface area contributed by atoms with Gasteiger partial charge in [0.25, 0.3) is 0 Å². The third-order valence-corrected chi connectivity index (χ3v) is 2.91. The molecule has 0 fully saturated rings. The molecule has 88 valence electrons. The van der Waals surface area contributed by atoms with E-state index in [2.05, 4.69) is 31.6 Å². The minimum absolute atomic E-state index is 0.245. The molecule has 0 aromatic rings. The normalized spacial score (nSPS) is 20.1. The second kappa shape index (κ2) is 7.49. The molecule has 0 heterocycles. The molecule has 0 saturated carbocycles. The van der Waals surface area contributed by atoms with Crippen LogP contribution < -0.4 is 0 Å². The van der Waals surface area contributed by atoms with Crippen LogP contribution in [0.3, 0.4) is 0 Å². The zero-order valence-electron chi connectivity index (χ0n) is 10.7. The van der Waals surface area contributed by atoms with Crippen molar-refractivity contribution in [2.45, 2.75) is 47.0 Å². The van der Waals surface area contributed by atoms with Crippen molar-refractivity contribution in [1.29, 1.82) is 0 Å². The van der Waals surface area contributed by atoms with Crippen LogP contribution in [-0.4, -0.2) is 13.1 Å². The van der Waals surface area contributed by atoms with Gasteiger partial charge in [-0.15, -0.1) is 0 Å². The number of hydrogen-bond donors (Lipinski definition) is 0. The summed E-state index contributed by atoms with van der Waals surface area (Å²) < 4.78 is 4.11. The summed E-state index contributed by atoms with van der Waals surface area (Å²) in [6.45, 7) is 8.27. The van der Waals surface area contributed by atoms with Gasteiger partial charge in [0.1, 0.15) is 0 Å². The number of esters is 1. The summed E-state index contributed by atoms with van der Waals surface area (Å²) in [5.74, 6) is 1.60. The van der Waals surface area contributed by atoms with E-state index in [4.69, 9.17) is 0 Å². The molecule has 1 atom stereocenters. The number of carbonyl (C=O) groups excluding carboxylic acids is 1. The summed E-state index contributed by atoms with van der Waals surface area (Å²) >= 11 is 0. The number of carbonyl (C=O) groups is 1. The molecule has 15 heavy (non-hydrogen) atoms. The van der Waals surface area contributed by atoms with Crippen molar-refractivity contribution in [3.63, 3.8) is 0 Å². The van der Waals surface area contributed by atoms with E-state index in [0.717, 1.165) is 11.8 Å². The van der Waals surface area contributed by atoms with Crippen LogP contribution in [0.25, 0.3) is 0 Å². The summed E-state index contributed by atoms with van der Waals surface area (Å²) in [5.41, 5.74) is 1.59. The highest BCUT2D eigenvalue weighted by molar-refractivity contribution is 5.65. The number of methoxy groups -OCH3 is 1. The lowest BCUT2D eigenvalue weighted by molar-refractivity contribution is -0.137. The molecule has 0 N–H and O–H groups in total. The Hall–Kier alpha value is -0.790. The van der Waals surface area contributed by atoms with E-state index in [0.29, 0.717) is 0 Å². The molecule has 1 aliphatic rings. The summed E-state index contributed by atoms with van der Waals surface area (Å²) in [4.78, 5) is 9.59. The molecule has 0 saturated heterocycles. The van der Waals surface area contributed by atoms with Crippen molar-refractivity contribution in [1.82, 2.24) is 0 Å². The molecule has 1 rings (SSSR count). The van der Waals surface area contributed by atoms with Gasteiger partial charge in [-0.25, -0.2) is 0 Å². The fourth-order valence-corrected chi connectivity index (χ4v) is 1.59. The minimum atomic E-state index is -0.245. The Kier molecular flexibility index (Phi) is 7.10. The molecule has 0 amide bonds. The quantitative estimate of drug-likeness (QED) is 0.490. The SMILES string of the molecule is CC1=CCC(C(C)C)CC1.COC(C)=O. The van der Waals surface area contributed by atoms with Crippen LogP contribution in [0.4, 0.5) is 0 Å². The Morgan fingerprint density at radius 2 is 2.07 bits per heavy atom. The molecule has 0 aromatic carbocycles. The van der Waals surface area contributed by atoms with E-state index in [1.165, 1.54) is 33.3 Å². The lowest BCUT2D eigenvalue weighted by Gasteiger charge is -2.23. The van der Waals surface area contributed by atoms with Gasteiger partial charge in [-0.3, -0.25) is 4.79 Å². The molecule has 2 nitrogen and oxygen atoms in total. The van der Waals surface area contributed by atoms with Gasteiger partial charge in [-0.1, -0.05) is 25.5 Å². The minimum Gasteiger partial charge on any atom is -0.469 e. The second-order valence-electron chi connectivity index (χ2n) is 4.52. The summed E-state index contributed by atoms with van der Waals surface area (Å²) in [6.07, 6.45) is 6.49. The van der Waals surface area contributed by atoms with Crippen molar-refractivity contribution in [3.05, 3.63) is 11.6 Å². The molecule has 0 aliphatic heterocycles. The molecule has 1 aliphatic carbocycles. The fraction of sp³-hybridized carbons (Fsp3) is 0.769. The van der Waals surface area contributed by atoms with Gasteiger partial charge >= 0.3 is 5.97 Å². The van der Waals surface area contributed by atoms with Crippen molar-refractivity contribution in [2.75, 3.05) is 7.11 Å². The van der Waals surface area contributed by atoms with E-state index in [-0.39, 0.29) is 5.97 Å². The molecule has 0 aromatic heterocycles. The zero-order chi connectivity index (χ0) is 11.8. The molecule has 0 spiro atoms. The van der Waals surface area contributed by atoms with Crippen LogP contribution >= 0.6 is 0 Å². The Bertz CT molecular complexity index is 217. The fourth-order valence-electron chi connectivity index (χ4n) is 1.59. The first-order valence-corrected chi connectivity index (χ1v) is 5.67. The second-order valence-corrected chi connectivity index (χ2v) is 4.52. The average Bonchev–Trinajstić information content (AvgIpc) is 2.19. The first-order valence-electron chi connectivity index (χ1n) is 5.67. The predicted molar refractivity (Wildman–Crippen MR) is 63.6 cm³/mol. The van der Waals surface area contributed by atoms with Crippen LogP contribution in [0, 0.1) is 11.8 Å². The zero-order valence-corrected chi connectivity index (χ0v) is 10.7. The van der Waals surface area contributed by atoms with E-state index >= 15 is 0 Å². The Morgan fingerprint density at radius 3 is 2.33 bits per heavy atom. The van der Waals surface area contributed by atoms with E-state index in [1.807, 2.05) is 0 Å². The van der Waals surface area contributed by atoms with Gasteiger partial charge in [0, 0.05) is 6.92 Å². The summed E-state index contributed by atoms with van der Waals surface area (Å²) in [6, 6.07) is 0. The third-order valence-electron chi connectivity index (χ3n) is 2.91. The van der Waals surface area contributed by atoms with E-state index in [9.17, 15) is 4.79 Å². The average molecular weight is 212 g/mol. The van der Waals surface area contributed by atoms with Crippen molar-refractivity contribution >= 4 is 5.97 Å². The van der Waals surface area contributed by atoms with Crippen molar-refractivity contribution in [2.24, 2.45) is 11.8 Å². The number of allylic oxidation sites excluding steroid dienone is 2. The molecular formula is C13H24O2.